The van der Waals surface area contributed by atoms with Crippen LogP contribution in [0.15, 0.2) is 46.0 Å². The number of halogens is 4. The fourth-order valence-corrected chi connectivity index (χ4v) is 6.45. The number of carboxylic acid groups (broad SMARTS) is 1. The minimum absolute atomic E-state index is 0.00395. The van der Waals surface area contributed by atoms with E-state index in [0.717, 1.165) is 18.1 Å². The smallest absolute Gasteiger partial charge is 0.338 e. The van der Waals surface area contributed by atoms with Gasteiger partial charge in [0.25, 0.3) is 5.92 Å². The summed E-state index contributed by atoms with van der Waals surface area (Å²) in [5.41, 5.74) is -0.901. The van der Waals surface area contributed by atoms with Crippen molar-refractivity contribution in [1.29, 1.82) is 0 Å². The number of carbonyl (C=O) groups excluding carboxylic acids is 2. The Kier molecular flexibility index (Phi) is 7.83. The summed E-state index contributed by atoms with van der Waals surface area (Å²) in [6.07, 6.45) is 1.55. The maximum Gasteiger partial charge on any atom is 0.338 e. The zero-order valence-corrected chi connectivity index (χ0v) is 24.3. The topological polar surface area (TPSA) is 124 Å². The largest absolute Gasteiger partial charge is 0.481 e. The van der Waals surface area contributed by atoms with Gasteiger partial charge in [0, 0.05) is 53.5 Å². The van der Waals surface area contributed by atoms with Crippen LogP contribution in [0.1, 0.15) is 30.5 Å². The van der Waals surface area contributed by atoms with Crippen LogP contribution < -0.4 is 5.32 Å². The van der Waals surface area contributed by atoms with Crippen LogP contribution in [0.3, 0.4) is 0 Å². The molecule has 2 fully saturated rings. The molecule has 3 aliphatic heterocycles. The van der Waals surface area contributed by atoms with Crippen LogP contribution in [0.25, 0.3) is 0 Å². The standard InChI is InChI=1S/C27H27ClF3N5O5S/c1-26(2,25(39)40)11-36-10-17-19(23(36)37)27(30,31)12-35(17)9-16-18(24(38)41-3)20(14-5-4-13(29)8-15(14)28)34-21(33-16)22-32-6-7-42-22/h4-8,17,19-20H,9-12H2,1-3H3,(H,33,34)(H,39,40). The molecule has 1 amide bonds. The number of ether oxygens (including phenoxy) is 1. The molecule has 0 saturated carbocycles. The van der Waals surface area contributed by atoms with Crippen molar-refractivity contribution >= 4 is 46.6 Å². The van der Waals surface area contributed by atoms with E-state index in [-0.39, 0.29) is 47.3 Å². The molecule has 3 unspecified atom stereocenters. The van der Waals surface area contributed by atoms with Crippen molar-refractivity contribution in [3.63, 3.8) is 0 Å². The Morgan fingerprint density at radius 3 is 2.69 bits per heavy atom. The highest BCUT2D eigenvalue weighted by atomic mass is 35.5. The summed E-state index contributed by atoms with van der Waals surface area (Å²) in [5, 5.41) is 14.7. The molecule has 4 heterocycles. The first kappa shape index (κ1) is 30.0. The van der Waals surface area contributed by atoms with Crippen molar-refractivity contribution in [2.45, 2.75) is 31.9 Å². The number of aliphatic imine (C=N–C) groups is 1. The van der Waals surface area contributed by atoms with Crippen molar-refractivity contribution in [2.75, 3.05) is 33.3 Å². The molecule has 0 bridgehead atoms. The minimum atomic E-state index is -3.41. The summed E-state index contributed by atoms with van der Waals surface area (Å²) in [6, 6.07) is 1.58. The van der Waals surface area contributed by atoms with E-state index in [1.807, 2.05) is 0 Å². The van der Waals surface area contributed by atoms with Crippen molar-refractivity contribution in [1.82, 2.24) is 20.1 Å². The summed E-state index contributed by atoms with van der Waals surface area (Å²) in [7, 11) is 1.16. The number of methoxy groups -OCH3 is 1. The Labute approximate surface area is 247 Å². The molecular formula is C27H27ClF3N5O5S. The second-order valence-electron chi connectivity index (χ2n) is 11.0. The zero-order valence-electron chi connectivity index (χ0n) is 22.7. The van der Waals surface area contributed by atoms with Gasteiger partial charge in [-0.25, -0.2) is 22.9 Å². The maximum absolute atomic E-state index is 15.4. The van der Waals surface area contributed by atoms with Crippen LogP contribution in [-0.4, -0.2) is 88.8 Å². The zero-order chi connectivity index (χ0) is 30.6. The van der Waals surface area contributed by atoms with Gasteiger partial charge in [0.2, 0.25) is 5.91 Å². The molecule has 15 heteroatoms. The molecule has 5 rings (SSSR count). The van der Waals surface area contributed by atoms with Gasteiger partial charge in [-0.2, -0.15) is 0 Å². The van der Waals surface area contributed by atoms with Gasteiger partial charge in [0.15, 0.2) is 10.8 Å². The lowest BCUT2D eigenvalue weighted by molar-refractivity contribution is -0.150. The number of rotatable bonds is 8. The van der Waals surface area contributed by atoms with E-state index in [0.29, 0.717) is 5.01 Å². The second-order valence-corrected chi connectivity index (χ2v) is 12.3. The molecule has 1 aromatic heterocycles. The number of fused-ring (bicyclic) bond motifs is 1. The molecule has 2 saturated heterocycles. The molecule has 2 aromatic rings. The quantitative estimate of drug-likeness (QED) is 0.428. The van der Waals surface area contributed by atoms with E-state index in [1.165, 1.54) is 42.2 Å². The van der Waals surface area contributed by atoms with Gasteiger partial charge >= 0.3 is 11.9 Å². The summed E-state index contributed by atoms with van der Waals surface area (Å²) in [5.74, 6) is -8.22. The van der Waals surface area contributed by atoms with Crippen LogP contribution in [0.2, 0.25) is 5.02 Å². The third-order valence-corrected chi connectivity index (χ3v) is 8.76. The number of esters is 1. The monoisotopic (exact) mass is 625 g/mol. The normalized spacial score (nSPS) is 24.0. The van der Waals surface area contributed by atoms with Gasteiger partial charge in [-0.1, -0.05) is 17.7 Å². The van der Waals surface area contributed by atoms with Crippen LogP contribution in [0.4, 0.5) is 13.2 Å². The third-order valence-electron chi connectivity index (χ3n) is 7.66. The number of nitrogens with one attached hydrogen (secondary N) is 1. The van der Waals surface area contributed by atoms with Crippen LogP contribution >= 0.6 is 22.9 Å². The summed E-state index contributed by atoms with van der Waals surface area (Å²) >= 11 is 7.62. The third kappa shape index (κ3) is 5.38. The average Bonchev–Trinajstić information content (AvgIpc) is 3.61. The van der Waals surface area contributed by atoms with Crippen molar-refractivity contribution in [3.05, 3.63) is 62.5 Å². The first-order valence-electron chi connectivity index (χ1n) is 12.9. The van der Waals surface area contributed by atoms with E-state index in [2.05, 4.69) is 15.3 Å². The number of alkyl halides is 2. The minimum Gasteiger partial charge on any atom is -0.481 e. The fourth-order valence-electron chi connectivity index (χ4n) is 5.59. The molecule has 1 aromatic carbocycles. The van der Waals surface area contributed by atoms with Crippen LogP contribution in [-0.2, 0) is 19.1 Å². The van der Waals surface area contributed by atoms with Crippen LogP contribution in [0, 0.1) is 17.2 Å². The Morgan fingerprint density at radius 1 is 1.33 bits per heavy atom. The first-order chi connectivity index (χ1) is 19.7. The SMILES string of the molecule is COC(=O)C1=C(CN2CC(F)(F)C3C(=O)N(CC(C)(C)C(=O)O)CC32)NC(c2nccs2)=NC1c1ccc(F)cc1Cl. The molecule has 2 N–H and O–H groups in total. The van der Waals surface area contributed by atoms with Crippen molar-refractivity contribution in [3.8, 4) is 0 Å². The molecule has 224 valence electrons. The maximum atomic E-state index is 15.4. The Morgan fingerprint density at radius 2 is 2.07 bits per heavy atom. The van der Waals surface area contributed by atoms with E-state index >= 15 is 8.78 Å². The van der Waals surface area contributed by atoms with Gasteiger partial charge in [0.05, 0.1) is 24.6 Å². The number of aliphatic carboxylic acids is 1. The summed E-state index contributed by atoms with van der Waals surface area (Å²) < 4.78 is 49.7. The molecular weight excluding hydrogens is 599 g/mol. The summed E-state index contributed by atoms with van der Waals surface area (Å²) in [4.78, 5) is 49.4. The predicted molar refractivity (Wildman–Crippen MR) is 147 cm³/mol. The molecule has 42 heavy (non-hydrogen) atoms. The van der Waals surface area contributed by atoms with Gasteiger partial charge < -0.3 is 20.1 Å². The predicted octanol–water partition coefficient (Wildman–Crippen LogP) is 3.34. The molecule has 10 nitrogen and oxygen atoms in total. The number of amides is 1. The number of benzene rings is 1. The first-order valence-corrected chi connectivity index (χ1v) is 14.1. The van der Waals surface area contributed by atoms with E-state index in [4.69, 9.17) is 16.3 Å². The van der Waals surface area contributed by atoms with Gasteiger partial charge in [-0.15, -0.1) is 11.3 Å². The van der Waals surface area contributed by atoms with Crippen molar-refractivity contribution in [2.24, 2.45) is 16.3 Å². The number of aromatic nitrogens is 1. The summed E-state index contributed by atoms with van der Waals surface area (Å²) in [6.45, 7) is 1.49. The van der Waals surface area contributed by atoms with Gasteiger partial charge in [0.1, 0.15) is 17.8 Å². The number of likely N-dealkylation sites (tertiary alicyclic amines) is 2. The number of hydrogen-bond donors (Lipinski definition) is 2. The Bertz CT molecular complexity index is 1500. The fraction of sp³-hybridized carbons (Fsp3) is 0.444. The number of hydrogen-bond acceptors (Lipinski definition) is 9. The number of carboxylic acids is 1. The average molecular weight is 626 g/mol. The number of thiazole rings is 1. The van der Waals surface area contributed by atoms with E-state index < -0.39 is 59.5 Å². The van der Waals surface area contributed by atoms with Gasteiger partial charge in [-0.05, 0) is 26.0 Å². The highest BCUT2D eigenvalue weighted by Gasteiger charge is 2.63. The highest BCUT2D eigenvalue weighted by molar-refractivity contribution is 7.11. The second kappa shape index (κ2) is 11.0. The molecule has 3 aliphatic rings. The lowest BCUT2D eigenvalue weighted by Gasteiger charge is -2.32. The Hall–Kier alpha value is -3.49. The lowest BCUT2D eigenvalue weighted by atomic mass is 9.93. The Balaban J connectivity index is 1.55. The van der Waals surface area contributed by atoms with Gasteiger partial charge in [-0.3, -0.25) is 19.5 Å². The lowest BCUT2D eigenvalue weighted by Crippen LogP contribution is -2.45. The van der Waals surface area contributed by atoms with E-state index in [1.54, 1.807) is 11.6 Å². The highest BCUT2D eigenvalue weighted by Crippen LogP contribution is 2.45. The molecule has 0 radical (unpaired) electrons. The van der Waals surface area contributed by atoms with E-state index in [9.17, 15) is 23.9 Å². The molecule has 0 spiro atoms. The van der Waals surface area contributed by atoms with Crippen molar-refractivity contribution < 1.29 is 37.4 Å². The number of amidine groups is 1. The number of nitrogens with zero attached hydrogens (tertiary/aromatic N) is 4. The number of carbonyl (C=O) groups is 3. The molecule has 0 aliphatic carbocycles. The molecule has 3 atom stereocenters. The van der Waals surface area contributed by atoms with Crippen LogP contribution in [0.5, 0.6) is 0 Å².